The van der Waals surface area contributed by atoms with Crippen LogP contribution in [-0.4, -0.2) is 9.55 Å². The second-order valence-corrected chi connectivity index (χ2v) is 5.51. The van der Waals surface area contributed by atoms with E-state index >= 15 is 0 Å². The van der Waals surface area contributed by atoms with Gasteiger partial charge in [-0.1, -0.05) is 31.4 Å². The standard InChI is InChI=1S/C15H19ClN2/c1-2-18-13-10-6-9-12(14(13)17-15(18)16)11-7-4-3-5-8-11/h6,9-11H,2-5,7-8H2,1H3. The molecule has 0 radical (unpaired) electrons. The molecule has 2 aromatic rings. The Hall–Kier alpha value is -1.02. The number of halogens is 1. The van der Waals surface area contributed by atoms with Gasteiger partial charge >= 0.3 is 0 Å². The minimum absolute atomic E-state index is 0.621. The van der Waals surface area contributed by atoms with Crippen molar-refractivity contribution in [1.29, 1.82) is 0 Å². The number of aromatic nitrogens is 2. The van der Waals surface area contributed by atoms with Crippen molar-refractivity contribution < 1.29 is 0 Å². The second kappa shape index (κ2) is 4.93. The maximum Gasteiger partial charge on any atom is 0.203 e. The summed E-state index contributed by atoms with van der Waals surface area (Å²) < 4.78 is 2.09. The maximum atomic E-state index is 6.23. The molecule has 0 N–H and O–H groups in total. The quantitative estimate of drug-likeness (QED) is 0.763. The van der Waals surface area contributed by atoms with Gasteiger partial charge in [0.15, 0.2) is 0 Å². The van der Waals surface area contributed by atoms with E-state index in [9.17, 15) is 0 Å². The molecule has 2 nitrogen and oxygen atoms in total. The molecular weight excluding hydrogens is 244 g/mol. The first kappa shape index (κ1) is 12.0. The summed E-state index contributed by atoms with van der Waals surface area (Å²) in [5, 5.41) is 0.621. The van der Waals surface area contributed by atoms with E-state index in [1.165, 1.54) is 43.2 Å². The summed E-state index contributed by atoms with van der Waals surface area (Å²) in [6.45, 7) is 2.99. The molecule has 3 heteroatoms. The Kier molecular flexibility index (Phi) is 3.29. The minimum Gasteiger partial charge on any atom is -0.315 e. The predicted molar refractivity (Wildman–Crippen MR) is 76.2 cm³/mol. The molecule has 1 aromatic heterocycles. The molecule has 0 atom stereocenters. The van der Waals surface area contributed by atoms with E-state index in [0.717, 1.165) is 12.1 Å². The number of fused-ring (bicyclic) bond motifs is 1. The van der Waals surface area contributed by atoms with Crippen LogP contribution in [0.3, 0.4) is 0 Å². The smallest absolute Gasteiger partial charge is 0.203 e. The van der Waals surface area contributed by atoms with E-state index in [1.807, 2.05) is 0 Å². The molecule has 0 unspecified atom stereocenters. The first-order valence-electron chi connectivity index (χ1n) is 6.96. The van der Waals surface area contributed by atoms with Gasteiger partial charge < -0.3 is 4.57 Å². The zero-order valence-electron chi connectivity index (χ0n) is 10.8. The summed E-state index contributed by atoms with van der Waals surface area (Å²) in [7, 11) is 0. The average molecular weight is 263 g/mol. The fourth-order valence-electron chi connectivity index (χ4n) is 3.18. The van der Waals surface area contributed by atoms with Gasteiger partial charge in [0.1, 0.15) is 0 Å². The molecule has 1 aliphatic carbocycles. The van der Waals surface area contributed by atoms with E-state index in [2.05, 4.69) is 34.7 Å². The van der Waals surface area contributed by atoms with Crippen LogP contribution in [0.1, 0.15) is 50.5 Å². The minimum atomic E-state index is 0.621. The number of hydrogen-bond acceptors (Lipinski definition) is 1. The maximum absolute atomic E-state index is 6.23. The van der Waals surface area contributed by atoms with E-state index in [-0.39, 0.29) is 0 Å². The lowest BCUT2D eigenvalue weighted by atomic mass is 9.83. The molecule has 1 saturated carbocycles. The average Bonchev–Trinajstić information content (AvgIpc) is 2.74. The van der Waals surface area contributed by atoms with Crippen molar-refractivity contribution >= 4 is 22.6 Å². The number of aryl methyl sites for hydroxylation is 1. The largest absolute Gasteiger partial charge is 0.315 e. The SMILES string of the molecule is CCn1c(Cl)nc2c(C3CCCCC3)cccc21. The highest BCUT2D eigenvalue weighted by molar-refractivity contribution is 6.29. The Morgan fingerprint density at radius 3 is 2.78 bits per heavy atom. The van der Waals surface area contributed by atoms with Crippen LogP contribution in [0.25, 0.3) is 11.0 Å². The van der Waals surface area contributed by atoms with E-state index in [4.69, 9.17) is 11.6 Å². The topological polar surface area (TPSA) is 17.8 Å². The van der Waals surface area contributed by atoms with Crippen LogP contribution in [0.2, 0.25) is 5.28 Å². The molecule has 3 rings (SSSR count). The Labute approximate surface area is 113 Å². The van der Waals surface area contributed by atoms with Gasteiger partial charge in [-0.2, -0.15) is 0 Å². The highest BCUT2D eigenvalue weighted by atomic mass is 35.5. The summed E-state index contributed by atoms with van der Waals surface area (Å²) >= 11 is 6.23. The summed E-state index contributed by atoms with van der Waals surface area (Å²) in [6, 6.07) is 6.52. The monoisotopic (exact) mass is 262 g/mol. The summed E-state index contributed by atoms with van der Waals surface area (Å²) in [6.07, 6.45) is 6.69. The molecular formula is C15H19ClN2. The highest BCUT2D eigenvalue weighted by Gasteiger charge is 2.20. The lowest BCUT2D eigenvalue weighted by Gasteiger charge is -2.22. The Balaban J connectivity index is 2.11. The Bertz CT molecular complexity index is 553. The van der Waals surface area contributed by atoms with Gasteiger partial charge in [0, 0.05) is 6.54 Å². The Morgan fingerprint density at radius 2 is 2.06 bits per heavy atom. The van der Waals surface area contributed by atoms with E-state index < -0.39 is 0 Å². The molecule has 1 fully saturated rings. The first-order valence-corrected chi connectivity index (χ1v) is 7.33. The lowest BCUT2D eigenvalue weighted by Crippen LogP contribution is -2.05. The van der Waals surface area contributed by atoms with Crippen molar-refractivity contribution in [3.8, 4) is 0 Å². The predicted octanol–water partition coefficient (Wildman–Crippen LogP) is 4.76. The molecule has 96 valence electrons. The van der Waals surface area contributed by atoms with Gasteiger partial charge in [0.25, 0.3) is 0 Å². The summed E-state index contributed by atoms with van der Waals surface area (Å²) in [4.78, 5) is 4.59. The number of para-hydroxylation sites is 1. The zero-order valence-corrected chi connectivity index (χ0v) is 11.6. The van der Waals surface area contributed by atoms with Crippen molar-refractivity contribution in [3.05, 3.63) is 29.0 Å². The van der Waals surface area contributed by atoms with Gasteiger partial charge in [-0.25, -0.2) is 4.98 Å². The van der Waals surface area contributed by atoms with Gasteiger partial charge in [-0.05, 0) is 48.9 Å². The van der Waals surface area contributed by atoms with Crippen LogP contribution in [0, 0.1) is 0 Å². The van der Waals surface area contributed by atoms with Crippen molar-refractivity contribution in [3.63, 3.8) is 0 Å². The Morgan fingerprint density at radius 1 is 1.28 bits per heavy atom. The molecule has 1 aromatic carbocycles. The summed E-state index contributed by atoms with van der Waals surface area (Å²) in [5.41, 5.74) is 3.71. The molecule has 0 saturated heterocycles. The number of benzene rings is 1. The second-order valence-electron chi connectivity index (χ2n) is 5.17. The van der Waals surface area contributed by atoms with Crippen molar-refractivity contribution in [2.24, 2.45) is 0 Å². The van der Waals surface area contributed by atoms with Crippen molar-refractivity contribution in [2.75, 3.05) is 0 Å². The van der Waals surface area contributed by atoms with Crippen LogP contribution in [0.4, 0.5) is 0 Å². The number of imidazole rings is 1. The molecule has 0 aliphatic heterocycles. The molecule has 1 aliphatic rings. The first-order chi connectivity index (χ1) is 8.81. The molecule has 0 bridgehead atoms. The number of hydrogen-bond donors (Lipinski definition) is 0. The molecule has 0 spiro atoms. The number of nitrogens with zero attached hydrogens (tertiary/aromatic N) is 2. The summed E-state index contributed by atoms with van der Waals surface area (Å²) in [5.74, 6) is 0.679. The van der Waals surface area contributed by atoms with Crippen LogP contribution in [0.5, 0.6) is 0 Å². The molecule has 1 heterocycles. The highest BCUT2D eigenvalue weighted by Crippen LogP contribution is 2.36. The third kappa shape index (κ3) is 1.93. The normalized spacial score (nSPS) is 17.4. The van der Waals surface area contributed by atoms with Crippen LogP contribution in [-0.2, 0) is 6.54 Å². The van der Waals surface area contributed by atoms with Crippen LogP contribution < -0.4 is 0 Å². The molecule has 0 amide bonds. The zero-order chi connectivity index (χ0) is 12.5. The van der Waals surface area contributed by atoms with Gasteiger partial charge in [0.05, 0.1) is 11.0 Å². The van der Waals surface area contributed by atoms with Gasteiger partial charge in [-0.3, -0.25) is 0 Å². The molecule has 18 heavy (non-hydrogen) atoms. The lowest BCUT2D eigenvalue weighted by molar-refractivity contribution is 0.445. The number of rotatable bonds is 2. The third-order valence-electron chi connectivity index (χ3n) is 4.12. The third-order valence-corrected chi connectivity index (χ3v) is 4.41. The van der Waals surface area contributed by atoms with Gasteiger partial charge in [-0.15, -0.1) is 0 Å². The van der Waals surface area contributed by atoms with E-state index in [1.54, 1.807) is 0 Å². The van der Waals surface area contributed by atoms with E-state index in [0.29, 0.717) is 11.2 Å². The van der Waals surface area contributed by atoms with Crippen molar-refractivity contribution in [1.82, 2.24) is 9.55 Å². The van der Waals surface area contributed by atoms with Gasteiger partial charge in [0.2, 0.25) is 5.28 Å². The van der Waals surface area contributed by atoms with Crippen molar-refractivity contribution in [2.45, 2.75) is 51.5 Å². The fraction of sp³-hybridized carbons (Fsp3) is 0.533. The van der Waals surface area contributed by atoms with Crippen LogP contribution in [0.15, 0.2) is 18.2 Å². The fourth-order valence-corrected chi connectivity index (χ4v) is 3.48. The van der Waals surface area contributed by atoms with Crippen LogP contribution >= 0.6 is 11.6 Å².